The lowest BCUT2D eigenvalue weighted by atomic mass is 10.1. The number of hydrogen-bond donors (Lipinski definition) is 3. The molecule has 1 unspecified atom stereocenters. The van der Waals surface area contributed by atoms with Crippen LogP contribution in [-0.4, -0.2) is 31.5 Å². The maximum Gasteiger partial charge on any atom is 0.160 e. The molecule has 4 N–H and O–H groups in total. The number of benzene rings is 2. The van der Waals surface area contributed by atoms with E-state index in [0.29, 0.717) is 17.1 Å². The van der Waals surface area contributed by atoms with Crippen LogP contribution in [0.4, 0.5) is 25.8 Å². The molecule has 202 valence electrons. The minimum Gasteiger partial charge on any atom is -0.455 e. The Kier molecular flexibility index (Phi) is 10.5. The maximum atomic E-state index is 14.2. The monoisotopic (exact) mass is 541 g/mol. The number of hydrogen-bond acceptors (Lipinski definition) is 8. The molecule has 0 aliphatic heterocycles. The highest BCUT2D eigenvalue weighted by Crippen LogP contribution is 2.28. The standard InChI is InChI=1S/C28H33F2N5O2S/c1-18-13-25(34-38-4)23(30)14-24(18)32-16-27(36)20(3)15-33-35(17-31)26-11-10-21(12-19(26)2)37-28-9-7-5-6-8-22(28)29/h5-7,9-15,20,32,34H,8,16-17,31H2,1-4H3/b33-15-. The van der Waals surface area contributed by atoms with E-state index >= 15 is 0 Å². The van der Waals surface area contributed by atoms with Crippen molar-refractivity contribution in [2.75, 3.05) is 34.5 Å². The van der Waals surface area contributed by atoms with Gasteiger partial charge >= 0.3 is 0 Å². The minimum absolute atomic E-state index is 0.0207. The molecule has 0 fully saturated rings. The molecule has 0 amide bonds. The fraction of sp³-hybridized carbons (Fsp3) is 0.286. The number of allylic oxidation sites excluding steroid dienone is 5. The summed E-state index contributed by atoms with van der Waals surface area (Å²) in [5, 5.41) is 9.01. The third kappa shape index (κ3) is 7.69. The first-order chi connectivity index (χ1) is 18.2. The van der Waals surface area contributed by atoms with Crippen molar-refractivity contribution >= 4 is 41.0 Å². The Hall–Kier alpha value is -3.63. The molecular weight excluding hydrogens is 508 g/mol. The Morgan fingerprint density at radius 3 is 2.71 bits per heavy atom. The van der Waals surface area contributed by atoms with E-state index in [2.05, 4.69) is 15.1 Å². The van der Waals surface area contributed by atoms with Crippen molar-refractivity contribution in [3.63, 3.8) is 0 Å². The number of carbonyl (C=O) groups is 1. The Balaban J connectivity index is 1.62. The molecule has 1 atom stereocenters. The van der Waals surface area contributed by atoms with Crippen molar-refractivity contribution in [2.45, 2.75) is 27.2 Å². The highest BCUT2D eigenvalue weighted by atomic mass is 32.2. The first kappa shape index (κ1) is 28.9. The van der Waals surface area contributed by atoms with Gasteiger partial charge in [0.1, 0.15) is 17.4 Å². The van der Waals surface area contributed by atoms with Gasteiger partial charge in [0.15, 0.2) is 11.5 Å². The molecule has 2 aromatic carbocycles. The summed E-state index contributed by atoms with van der Waals surface area (Å²) < 4.78 is 37.1. The van der Waals surface area contributed by atoms with Gasteiger partial charge in [-0.3, -0.25) is 9.80 Å². The molecule has 0 saturated carbocycles. The van der Waals surface area contributed by atoms with E-state index < -0.39 is 11.7 Å². The van der Waals surface area contributed by atoms with Crippen molar-refractivity contribution in [1.82, 2.24) is 0 Å². The van der Waals surface area contributed by atoms with Crippen molar-refractivity contribution in [2.24, 2.45) is 16.8 Å². The number of anilines is 3. The van der Waals surface area contributed by atoms with Gasteiger partial charge in [0, 0.05) is 24.6 Å². The van der Waals surface area contributed by atoms with E-state index in [1.54, 1.807) is 60.5 Å². The van der Waals surface area contributed by atoms with Crippen LogP contribution in [0.2, 0.25) is 0 Å². The fourth-order valence-corrected chi connectivity index (χ4v) is 4.03. The number of ether oxygens (including phenoxy) is 1. The number of nitrogens with one attached hydrogen (secondary N) is 2. The zero-order valence-corrected chi connectivity index (χ0v) is 22.7. The second-order valence-corrected chi connectivity index (χ2v) is 9.33. The Morgan fingerprint density at radius 1 is 1.21 bits per heavy atom. The highest BCUT2D eigenvalue weighted by molar-refractivity contribution is 7.99. The normalized spacial score (nSPS) is 14.0. The molecule has 0 spiro atoms. The highest BCUT2D eigenvalue weighted by Gasteiger charge is 2.15. The summed E-state index contributed by atoms with van der Waals surface area (Å²) in [5.74, 6) is -0.705. The second kappa shape index (κ2) is 13.8. The van der Waals surface area contributed by atoms with Gasteiger partial charge in [0.25, 0.3) is 0 Å². The van der Waals surface area contributed by atoms with Gasteiger partial charge in [0.2, 0.25) is 0 Å². The molecule has 1 aliphatic carbocycles. The molecule has 2 aromatic rings. The van der Waals surface area contributed by atoms with Gasteiger partial charge < -0.3 is 20.5 Å². The minimum atomic E-state index is -0.507. The van der Waals surface area contributed by atoms with Crippen LogP contribution in [0.1, 0.15) is 24.5 Å². The number of aryl methyl sites for hydroxylation is 2. The zero-order chi connectivity index (χ0) is 27.7. The third-order valence-electron chi connectivity index (χ3n) is 5.82. The van der Waals surface area contributed by atoms with Crippen LogP contribution in [0.25, 0.3) is 0 Å². The number of carbonyl (C=O) groups excluding carboxylic acids is 1. The van der Waals surface area contributed by atoms with Crippen LogP contribution in [0.3, 0.4) is 0 Å². The number of halogens is 2. The van der Waals surface area contributed by atoms with E-state index in [1.807, 2.05) is 20.1 Å². The fourth-order valence-electron chi connectivity index (χ4n) is 3.66. The lowest BCUT2D eigenvalue weighted by Crippen LogP contribution is -2.27. The topological polar surface area (TPSA) is 92.0 Å². The number of nitrogens with zero attached hydrogens (tertiary/aromatic N) is 2. The van der Waals surface area contributed by atoms with Gasteiger partial charge in [-0.2, -0.15) is 5.10 Å². The van der Waals surface area contributed by atoms with E-state index in [0.717, 1.165) is 16.8 Å². The molecule has 0 heterocycles. The van der Waals surface area contributed by atoms with Crippen molar-refractivity contribution in [3.05, 3.63) is 83.2 Å². The summed E-state index contributed by atoms with van der Waals surface area (Å²) in [6.45, 7) is 5.56. The quantitative estimate of drug-likeness (QED) is 0.127. The SMILES string of the molecule is CSNc1cc(C)c(NCC(=O)C(C)/C=N\N(CN)c2ccc(OC3=C(F)CC=CC=C3)cc2C)cc1F. The Morgan fingerprint density at radius 2 is 2.00 bits per heavy atom. The number of nitrogens with two attached hydrogens (primary N) is 1. The van der Waals surface area contributed by atoms with Crippen LogP contribution >= 0.6 is 11.9 Å². The van der Waals surface area contributed by atoms with Gasteiger partial charge in [0.05, 0.1) is 30.5 Å². The second-order valence-electron chi connectivity index (χ2n) is 8.72. The summed E-state index contributed by atoms with van der Waals surface area (Å²) >= 11 is 1.30. The first-order valence-corrected chi connectivity index (χ1v) is 13.3. The van der Waals surface area contributed by atoms with E-state index in [1.165, 1.54) is 24.2 Å². The molecule has 0 saturated heterocycles. The molecule has 0 radical (unpaired) electrons. The zero-order valence-electron chi connectivity index (χ0n) is 21.9. The predicted molar refractivity (Wildman–Crippen MR) is 154 cm³/mol. The molecule has 3 rings (SSSR count). The number of hydrazone groups is 1. The van der Waals surface area contributed by atoms with Gasteiger partial charge in [-0.15, -0.1) is 0 Å². The molecule has 0 bridgehead atoms. The summed E-state index contributed by atoms with van der Waals surface area (Å²) in [5.41, 5.74) is 9.24. The number of rotatable bonds is 12. The average Bonchev–Trinajstić information content (AvgIpc) is 3.10. The molecule has 1 aliphatic rings. The molecule has 0 aromatic heterocycles. The van der Waals surface area contributed by atoms with Gasteiger partial charge in [-0.05, 0) is 61.4 Å². The summed E-state index contributed by atoms with van der Waals surface area (Å²) in [6, 6.07) is 8.35. The van der Waals surface area contributed by atoms with Crippen molar-refractivity contribution < 1.29 is 18.3 Å². The third-order valence-corrected chi connectivity index (χ3v) is 6.25. The van der Waals surface area contributed by atoms with Crippen LogP contribution in [-0.2, 0) is 4.79 Å². The average molecular weight is 542 g/mol. The molecule has 10 heteroatoms. The Labute approximate surface area is 226 Å². The van der Waals surface area contributed by atoms with Gasteiger partial charge in [-0.1, -0.05) is 37.1 Å². The van der Waals surface area contributed by atoms with Gasteiger partial charge in [-0.25, -0.2) is 8.78 Å². The smallest absolute Gasteiger partial charge is 0.160 e. The maximum absolute atomic E-state index is 14.2. The lowest BCUT2D eigenvalue weighted by molar-refractivity contribution is -0.118. The van der Waals surface area contributed by atoms with Crippen LogP contribution in [0.5, 0.6) is 5.75 Å². The summed E-state index contributed by atoms with van der Waals surface area (Å²) in [6.07, 6.45) is 10.3. The molecular formula is C28H33F2N5O2S. The van der Waals surface area contributed by atoms with Crippen LogP contribution in [0.15, 0.2) is 71.3 Å². The first-order valence-electron chi connectivity index (χ1n) is 12.1. The van der Waals surface area contributed by atoms with E-state index in [4.69, 9.17) is 10.5 Å². The summed E-state index contributed by atoms with van der Waals surface area (Å²) in [4.78, 5) is 12.7. The van der Waals surface area contributed by atoms with Crippen molar-refractivity contribution in [1.29, 1.82) is 0 Å². The predicted octanol–water partition coefficient (Wildman–Crippen LogP) is 6.23. The lowest BCUT2D eigenvalue weighted by Gasteiger charge is -2.20. The molecule has 7 nitrogen and oxygen atoms in total. The Bertz CT molecular complexity index is 1280. The summed E-state index contributed by atoms with van der Waals surface area (Å²) in [7, 11) is 0. The van der Waals surface area contributed by atoms with Crippen LogP contribution in [0, 0.1) is 25.6 Å². The van der Waals surface area contributed by atoms with E-state index in [-0.39, 0.29) is 37.0 Å². The van der Waals surface area contributed by atoms with E-state index in [9.17, 15) is 13.6 Å². The van der Waals surface area contributed by atoms with Crippen molar-refractivity contribution in [3.8, 4) is 5.75 Å². The largest absolute Gasteiger partial charge is 0.455 e. The number of ketones is 1. The van der Waals surface area contributed by atoms with Crippen LogP contribution < -0.4 is 25.5 Å². The molecule has 38 heavy (non-hydrogen) atoms. The number of Topliss-reactive ketones (excluding diaryl/α,β-unsaturated/α-hetero) is 1.